The highest BCUT2D eigenvalue weighted by Crippen LogP contribution is 2.31. The summed E-state index contributed by atoms with van der Waals surface area (Å²) < 4.78 is 5.55. The fourth-order valence-corrected chi connectivity index (χ4v) is 4.25. The van der Waals surface area contributed by atoms with Crippen molar-refractivity contribution in [3.05, 3.63) is 92.8 Å². The molecule has 3 aromatic carbocycles. The summed E-state index contributed by atoms with van der Waals surface area (Å²) in [5.74, 6) is -0.216. The summed E-state index contributed by atoms with van der Waals surface area (Å²) in [6.07, 6.45) is 1.72. The van der Waals surface area contributed by atoms with Gasteiger partial charge in [-0.15, -0.1) is 0 Å². The minimum Gasteiger partial charge on any atom is -0.482 e. The van der Waals surface area contributed by atoms with E-state index in [-0.39, 0.29) is 18.4 Å². The van der Waals surface area contributed by atoms with Crippen molar-refractivity contribution in [2.75, 3.05) is 11.9 Å². The molecule has 2 amide bonds. The number of para-hydroxylation sites is 1. The third-order valence-corrected chi connectivity index (χ3v) is 6.32. The van der Waals surface area contributed by atoms with Crippen molar-refractivity contribution in [2.24, 2.45) is 4.99 Å². The Morgan fingerprint density at radius 2 is 1.88 bits per heavy atom. The smallest absolute Gasteiger partial charge is 0.264 e. The number of benzene rings is 3. The normalized spacial score (nSPS) is 15.4. The molecule has 6 nitrogen and oxygen atoms in total. The number of aliphatic imine (C=N–C) groups is 1. The molecule has 1 saturated heterocycles. The minimum atomic E-state index is -0.341. The summed E-state index contributed by atoms with van der Waals surface area (Å²) in [6, 6.07) is 19.7. The summed E-state index contributed by atoms with van der Waals surface area (Å²) in [7, 11) is 0. The van der Waals surface area contributed by atoms with Gasteiger partial charge in [0, 0.05) is 10.7 Å². The highest BCUT2D eigenvalue weighted by molar-refractivity contribution is 8.18. The molecule has 9 heteroatoms. The fraction of sp³-hybridized carbons (Fsp3) is 0.0800. The zero-order valence-electron chi connectivity index (χ0n) is 18.0. The number of rotatable bonds is 6. The van der Waals surface area contributed by atoms with Gasteiger partial charge in [-0.3, -0.25) is 9.59 Å². The van der Waals surface area contributed by atoms with Crippen LogP contribution in [0.3, 0.4) is 0 Å². The van der Waals surface area contributed by atoms with Crippen molar-refractivity contribution >= 4 is 69.4 Å². The van der Waals surface area contributed by atoms with Crippen LogP contribution in [-0.2, 0) is 9.59 Å². The summed E-state index contributed by atoms with van der Waals surface area (Å²) in [5.41, 5.74) is 2.98. The predicted octanol–water partition coefficient (Wildman–Crippen LogP) is 6.21. The van der Waals surface area contributed by atoms with Gasteiger partial charge in [0.25, 0.3) is 11.8 Å². The number of carbonyl (C=O) groups excluding carboxylic acids is 2. The molecule has 1 aliphatic heterocycles. The van der Waals surface area contributed by atoms with Crippen LogP contribution in [0.2, 0.25) is 10.0 Å². The van der Waals surface area contributed by atoms with Crippen molar-refractivity contribution < 1.29 is 14.3 Å². The van der Waals surface area contributed by atoms with Gasteiger partial charge in [0.2, 0.25) is 0 Å². The maximum Gasteiger partial charge on any atom is 0.264 e. The molecule has 0 bridgehead atoms. The van der Waals surface area contributed by atoms with Gasteiger partial charge in [-0.1, -0.05) is 53.5 Å². The average molecular weight is 512 g/mol. The van der Waals surface area contributed by atoms with Gasteiger partial charge in [0.1, 0.15) is 5.75 Å². The van der Waals surface area contributed by atoms with Crippen molar-refractivity contribution in [2.45, 2.75) is 6.92 Å². The van der Waals surface area contributed by atoms with Crippen LogP contribution < -0.4 is 15.4 Å². The van der Waals surface area contributed by atoms with E-state index in [9.17, 15) is 9.59 Å². The van der Waals surface area contributed by atoms with Crippen LogP contribution >= 0.6 is 35.0 Å². The molecule has 172 valence electrons. The number of carbonyl (C=O) groups is 2. The lowest BCUT2D eigenvalue weighted by Gasteiger charge is -2.10. The van der Waals surface area contributed by atoms with Crippen LogP contribution in [0.4, 0.5) is 11.4 Å². The lowest BCUT2D eigenvalue weighted by Crippen LogP contribution is -2.20. The van der Waals surface area contributed by atoms with Crippen LogP contribution in [0.15, 0.2) is 76.6 Å². The number of amidine groups is 1. The number of thioether (sulfide) groups is 1. The third kappa shape index (κ3) is 6.20. The van der Waals surface area contributed by atoms with Gasteiger partial charge in [-0.05, 0) is 72.3 Å². The second kappa shape index (κ2) is 10.8. The fourth-order valence-electron chi connectivity index (χ4n) is 2.99. The zero-order chi connectivity index (χ0) is 24.1. The summed E-state index contributed by atoms with van der Waals surface area (Å²) in [4.78, 5) is 29.4. The van der Waals surface area contributed by atoms with E-state index in [0.717, 1.165) is 16.8 Å². The predicted molar refractivity (Wildman–Crippen MR) is 139 cm³/mol. The number of nitrogens with zero attached hydrogens (tertiary/aromatic N) is 1. The number of ether oxygens (including phenoxy) is 1. The van der Waals surface area contributed by atoms with E-state index in [2.05, 4.69) is 15.6 Å². The van der Waals surface area contributed by atoms with E-state index >= 15 is 0 Å². The molecule has 0 aromatic heterocycles. The van der Waals surface area contributed by atoms with Crippen molar-refractivity contribution in [3.8, 4) is 5.75 Å². The maximum atomic E-state index is 12.3. The van der Waals surface area contributed by atoms with E-state index in [1.165, 1.54) is 11.8 Å². The highest BCUT2D eigenvalue weighted by atomic mass is 35.5. The second-order valence-corrected chi connectivity index (χ2v) is 9.15. The first-order chi connectivity index (χ1) is 16.4. The van der Waals surface area contributed by atoms with Crippen LogP contribution in [0.5, 0.6) is 5.75 Å². The molecule has 1 fully saturated rings. The molecule has 34 heavy (non-hydrogen) atoms. The van der Waals surface area contributed by atoms with Crippen molar-refractivity contribution in [1.29, 1.82) is 0 Å². The summed E-state index contributed by atoms with van der Waals surface area (Å²) in [6.45, 7) is 1.66. The number of nitrogens with one attached hydrogen (secondary N) is 2. The Hall–Kier alpha value is -3.26. The van der Waals surface area contributed by atoms with E-state index in [0.29, 0.717) is 31.6 Å². The Balaban J connectivity index is 1.37. The number of anilines is 1. The zero-order valence-corrected chi connectivity index (χ0v) is 20.3. The van der Waals surface area contributed by atoms with Crippen LogP contribution in [0.25, 0.3) is 6.08 Å². The Morgan fingerprint density at radius 1 is 1.09 bits per heavy atom. The van der Waals surface area contributed by atoms with E-state index < -0.39 is 0 Å². The molecule has 0 radical (unpaired) electrons. The molecule has 0 atom stereocenters. The number of amides is 2. The molecule has 0 aliphatic carbocycles. The number of hydrogen-bond acceptors (Lipinski definition) is 5. The van der Waals surface area contributed by atoms with Crippen LogP contribution in [0, 0.1) is 6.92 Å². The first-order valence-electron chi connectivity index (χ1n) is 10.2. The highest BCUT2D eigenvalue weighted by Gasteiger charge is 2.24. The number of aryl methyl sites for hydroxylation is 1. The van der Waals surface area contributed by atoms with Crippen molar-refractivity contribution in [3.63, 3.8) is 0 Å². The molecule has 0 saturated carbocycles. The molecular formula is C25H19Cl2N3O3S. The van der Waals surface area contributed by atoms with Gasteiger partial charge >= 0.3 is 0 Å². The van der Waals surface area contributed by atoms with Gasteiger partial charge in [-0.25, -0.2) is 4.99 Å². The Morgan fingerprint density at radius 3 is 2.62 bits per heavy atom. The van der Waals surface area contributed by atoms with Crippen LogP contribution in [-0.4, -0.2) is 23.6 Å². The summed E-state index contributed by atoms with van der Waals surface area (Å²) >= 11 is 13.7. The Kier molecular flexibility index (Phi) is 7.57. The lowest BCUT2D eigenvalue weighted by molar-refractivity contribution is -0.118. The first-order valence-corrected chi connectivity index (χ1v) is 11.8. The molecule has 1 heterocycles. The van der Waals surface area contributed by atoms with E-state index in [1.54, 1.807) is 36.4 Å². The molecule has 4 rings (SSSR count). The maximum absolute atomic E-state index is 12.3. The molecule has 0 unspecified atom stereocenters. The van der Waals surface area contributed by atoms with E-state index in [1.807, 2.05) is 43.3 Å². The number of hydrogen-bond donors (Lipinski definition) is 2. The standard InChI is InChI=1S/C25H19Cl2N3O3S/c1-15-7-9-18(13-19(15)26)28-23(31)14-33-21-10-8-16(11-20(21)27)12-22-24(32)30-25(34-22)29-17-5-3-2-4-6-17/h2-13H,14H2,1H3,(H,28,31)(H,29,30,32)/b22-12-. The third-order valence-electron chi connectivity index (χ3n) is 4.71. The Bertz CT molecular complexity index is 1310. The topological polar surface area (TPSA) is 79.8 Å². The average Bonchev–Trinajstić information content (AvgIpc) is 3.14. The van der Waals surface area contributed by atoms with Crippen molar-refractivity contribution in [1.82, 2.24) is 5.32 Å². The monoisotopic (exact) mass is 511 g/mol. The van der Waals surface area contributed by atoms with Gasteiger partial charge in [-0.2, -0.15) is 0 Å². The number of halogens is 2. The molecule has 0 spiro atoms. The van der Waals surface area contributed by atoms with Gasteiger partial charge in [0.05, 0.1) is 15.6 Å². The Labute approximate surface area is 211 Å². The second-order valence-electron chi connectivity index (χ2n) is 7.31. The molecule has 2 N–H and O–H groups in total. The quantitative estimate of drug-likeness (QED) is 0.385. The van der Waals surface area contributed by atoms with E-state index in [4.69, 9.17) is 27.9 Å². The molecule has 3 aromatic rings. The lowest BCUT2D eigenvalue weighted by atomic mass is 10.2. The van der Waals surface area contributed by atoms with Crippen LogP contribution in [0.1, 0.15) is 11.1 Å². The molecule has 1 aliphatic rings. The van der Waals surface area contributed by atoms with Gasteiger partial charge < -0.3 is 15.4 Å². The minimum absolute atomic E-state index is 0.219. The molecular weight excluding hydrogens is 493 g/mol. The largest absolute Gasteiger partial charge is 0.482 e. The SMILES string of the molecule is Cc1ccc(NC(=O)COc2ccc(/C=C3\SC(=Nc4ccccc4)NC3=O)cc2Cl)cc1Cl. The summed E-state index contributed by atoms with van der Waals surface area (Å²) in [5, 5.41) is 6.88. The van der Waals surface area contributed by atoms with Gasteiger partial charge in [0.15, 0.2) is 11.8 Å². The first kappa shape index (κ1) is 23.9.